The second kappa shape index (κ2) is 8.94. The first-order valence-electron chi connectivity index (χ1n) is 10.6. The average Bonchev–Trinajstić information content (AvgIpc) is 3.08. The number of rotatable bonds is 7. The Bertz CT molecular complexity index is 941. The van der Waals surface area contributed by atoms with E-state index in [0.29, 0.717) is 25.0 Å². The number of benzene rings is 1. The zero-order valence-corrected chi connectivity index (χ0v) is 19.2. The molecule has 4 rings (SSSR count). The molecule has 0 spiro atoms. The number of nitrogens with zero attached hydrogens (tertiary/aromatic N) is 2. The molecule has 2 heterocycles. The summed E-state index contributed by atoms with van der Waals surface area (Å²) >= 11 is 0. The number of fused-ring (bicyclic) bond motifs is 2. The van der Waals surface area contributed by atoms with Crippen molar-refractivity contribution in [2.45, 2.75) is 58.0 Å². The maximum atomic E-state index is 12.8. The van der Waals surface area contributed by atoms with Crippen molar-refractivity contribution in [3.8, 4) is 0 Å². The third-order valence-corrected chi connectivity index (χ3v) is 8.27. The van der Waals surface area contributed by atoms with Gasteiger partial charge >= 0.3 is 0 Å². The monoisotopic (exact) mass is 440 g/mol. The van der Waals surface area contributed by atoms with Gasteiger partial charge < -0.3 is 4.98 Å². The van der Waals surface area contributed by atoms with E-state index >= 15 is 0 Å². The third kappa shape index (κ3) is 4.08. The number of hydrogen-bond donors (Lipinski definition) is 2. The van der Waals surface area contributed by atoms with Crippen molar-refractivity contribution in [1.82, 2.24) is 18.9 Å². The summed E-state index contributed by atoms with van der Waals surface area (Å²) in [6.45, 7) is 8.75. The van der Waals surface area contributed by atoms with Crippen LogP contribution in [0.25, 0.3) is 10.9 Å². The van der Waals surface area contributed by atoms with Crippen LogP contribution in [0, 0.1) is 0 Å². The number of nitrogens with one attached hydrogen (secondary N) is 2. The highest BCUT2D eigenvalue weighted by atomic mass is 35.5. The van der Waals surface area contributed by atoms with Gasteiger partial charge in [0.05, 0.1) is 0 Å². The maximum absolute atomic E-state index is 12.8. The molecule has 2 aromatic rings. The van der Waals surface area contributed by atoms with Crippen LogP contribution in [0.15, 0.2) is 24.4 Å². The molecule has 0 saturated carbocycles. The molecule has 0 amide bonds. The number of H-pyrrole nitrogens is 1. The first kappa shape index (κ1) is 22.6. The summed E-state index contributed by atoms with van der Waals surface area (Å²) in [5.74, 6) is 0.358. The molecule has 1 aliphatic heterocycles. The molecule has 0 bridgehead atoms. The van der Waals surface area contributed by atoms with E-state index in [-0.39, 0.29) is 18.4 Å². The molecular weight excluding hydrogens is 408 g/mol. The van der Waals surface area contributed by atoms with Crippen LogP contribution in [0.5, 0.6) is 0 Å². The Labute approximate surface area is 180 Å². The number of hydrogen-bond acceptors (Lipinski definition) is 3. The van der Waals surface area contributed by atoms with Crippen LogP contribution in [0.2, 0.25) is 0 Å². The van der Waals surface area contributed by atoms with Gasteiger partial charge in [0.2, 0.25) is 0 Å². The van der Waals surface area contributed by atoms with E-state index in [4.69, 9.17) is 0 Å². The van der Waals surface area contributed by atoms with E-state index in [1.54, 1.807) is 0 Å². The second-order valence-corrected chi connectivity index (χ2v) is 9.80. The second-order valence-electron chi connectivity index (χ2n) is 8.10. The summed E-state index contributed by atoms with van der Waals surface area (Å²) in [5, 5.41) is 1.35. The van der Waals surface area contributed by atoms with Crippen LogP contribution in [-0.2, 0) is 16.6 Å². The van der Waals surface area contributed by atoms with Crippen molar-refractivity contribution in [2.24, 2.45) is 0 Å². The fourth-order valence-electron chi connectivity index (χ4n) is 5.28. The zero-order valence-electron chi connectivity index (χ0n) is 17.5. The zero-order chi connectivity index (χ0) is 19.9. The molecule has 0 radical (unpaired) electrons. The standard InChI is InChI=1S/C21H32N4O2S.ClH/c1-4-10-24-14-16(23-28(26,27)25(5-2)6-3)12-18-17-8-7-9-19-21(17)15(13-22-19)11-20(18)24;/h7-9,13,16,18,20,22-23H,4-6,10-12,14H2,1-3H3;1H/t16-,18+,20+;/m0./s1. The lowest BCUT2D eigenvalue weighted by atomic mass is 9.74. The van der Waals surface area contributed by atoms with Gasteiger partial charge in [-0.05, 0) is 43.0 Å². The number of likely N-dealkylation sites (tertiary alicyclic amines) is 1. The summed E-state index contributed by atoms with van der Waals surface area (Å²) in [6, 6.07) is 6.88. The predicted octanol–water partition coefficient (Wildman–Crippen LogP) is 3.26. The summed E-state index contributed by atoms with van der Waals surface area (Å²) in [7, 11) is -3.45. The molecule has 1 aromatic carbocycles. The topological polar surface area (TPSA) is 68.4 Å². The van der Waals surface area contributed by atoms with Gasteiger partial charge in [-0.25, -0.2) is 0 Å². The van der Waals surface area contributed by atoms with E-state index in [1.165, 1.54) is 26.3 Å². The Morgan fingerprint density at radius 2 is 2.00 bits per heavy atom. The lowest BCUT2D eigenvalue weighted by Gasteiger charge is -2.47. The van der Waals surface area contributed by atoms with Gasteiger partial charge in [-0.2, -0.15) is 17.4 Å². The van der Waals surface area contributed by atoms with E-state index < -0.39 is 10.2 Å². The highest BCUT2D eigenvalue weighted by Crippen LogP contribution is 2.43. The van der Waals surface area contributed by atoms with E-state index in [2.05, 4.69) is 45.9 Å². The van der Waals surface area contributed by atoms with Crippen LogP contribution >= 0.6 is 12.4 Å². The minimum absolute atomic E-state index is 0. The first-order valence-corrected chi connectivity index (χ1v) is 12.0. The molecule has 1 aromatic heterocycles. The number of halogens is 1. The Morgan fingerprint density at radius 1 is 1.24 bits per heavy atom. The Kier molecular flexibility index (Phi) is 6.95. The van der Waals surface area contributed by atoms with Crippen molar-refractivity contribution < 1.29 is 8.42 Å². The normalized spacial score (nSPS) is 24.5. The molecule has 3 atom stereocenters. The molecule has 162 valence electrons. The molecule has 1 aliphatic carbocycles. The van der Waals surface area contributed by atoms with Crippen molar-refractivity contribution in [1.29, 1.82) is 0 Å². The van der Waals surface area contributed by atoms with E-state index in [0.717, 1.165) is 32.4 Å². The summed E-state index contributed by atoms with van der Waals surface area (Å²) < 4.78 is 30.2. The lowest BCUT2D eigenvalue weighted by Crippen LogP contribution is -2.57. The number of aromatic amines is 1. The first-order chi connectivity index (χ1) is 13.5. The Balaban J connectivity index is 0.00000240. The molecule has 1 saturated heterocycles. The van der Waals surface area contributed by atoms with Gasteiger partial charge in [0, 0.05) is 54.7 Å². The minimum Gasteiger partial charge on any atom is -0.361 e. The fourth-order valence-corrected chi connectivity index (χ4v) is 6.70. The van der Waals surface area contributed by atoms with Crippen LogP contribution in [0.4, 0.5) is 0 Å². The van der Waals surface area contributed by atoms with Gasteiger partial charge in [0.25, 0.3) is 10.2 Å². The molecule has 0 unspecified atom stereocenters. The Morgan fingerprint density at radius 3 is 2.69 bits per heavy atom. The smallest absolute Gasteiger partial charge is 0.279 e. The quantitative estimate of drug-likeness (QED) is 0.694. The van der Waals surface area contributed by atoms with Crippen LogP contribution < -0.4 is 4.72 Å². The summed E-state index contributed by atoms with van der Waals surface area (Å²) in [6.07, 6.45) is 5.12. The molecule has 6 nitrogen and oxygen atoms in total. The maximum Gasteiger partial charge on any atom is 0.279 e. The van der Waals surface area contributed by atoms with Crippen LogP contribution in [0.3, 0.4) is 0 Å². The average molecular weight is 441 g/mol. The van der Waals surface area contributed by atoms with Crippen LogP contribution in [0.1, 0.15) is 50.7 Å². The molecule has 1 fully saturated rings. The Hall–Kier alpha value is -1.12. The van der Waals surface area contributed by atoms with Crippen LogP contribution in [-0.4, -0.2) is 60.9 Å². The molecule has 2 N–H and O–H groups in total. The van der Waals surface area contributed by atoms with Gasteiger partial charge in [-0.1, -0.05) is 32.9 Å². The molecule has 29 heavy (non-hydrogen) atoms. The number of aromatic nitrogens is 1. The lowest BCUT2D eigenvalue weighted by molar-refractivity contribution is 0.105. The van der Waals surface area contributed by atoms with Gasteiger partial charge in [0.15, 0.2) is 0 Å². The highest BCUT2D eigenvalue weighted by molar-refractivity contribution is 7.87. The van der Waals surface area contributed by atoms with E-state index in [9.17, 15) is 8.42 Å². The van der Waals surface area contributed by atoms with Gasteiger partial charge in [-0.3, -0.25) is 4.90 Å². The van der Waals surface area contributed by atoms with E-state index in [1.807, 2.05) is 13.8 Å². The molecular formula is C21H33ClN4O2S. The van der Waals surface area contributed by atoms with Gasteiger partial charge in [-0.15, -0.1) is 12.4 Å². The minimum atomic E-state index is -3.45. The molecule has 8 heteroatoms. The predicted molar refractivity (Wildman–Crippen MR) is 121 cm³/mol. The SMILES string of the molecule is CCCN1C[C@@H](NS(=O)(=O)N(CC)CC)C[C@@H]2c3cccc4[nH]cc(c34)C[C@H]21.Cl. The van der Waals surface area contributed by atoms with Crippen molar-refractivity contribution in [3.63, 3.8) is 0 Å². The van der Waals surface area contributed by atoms with Crippen molar-refractivity contribution in [2.75, 3.05) is 26.2 Å². The van der Waals surface area contributed by atoms with Crippen molar-refractivity contribution in [3.05, 3.63) is 35.5 Å². The fraction of sp³-hybridized carbons (Fsp3) is 0.619. The third-order valence-electron chi connectivity index (χ3n) is 6.45. The van der Waals surface area contributed by atoms with Gasteiger partial charge in [0.1, 0.15) is 0 Å². The highest BCUT2D eigenvalue weighted by Gasteiger charge is 2.41. The number of piperidine rings is 1. The molecule has 2 aliphatic rings. The summed E-state index contributed by atoms with van der Waals surface area (Å²) in [5.41, 5.74) is 3.96. The summed E-state index contributed by atoms with van der Waals surface area (Å²) in [4.78, 5) is 5.93. The van der Waals surface area contributed by atoms with Crippen molar-refractivity contribution >= 4 is 33.5 Å². The largest absolute Gasteiger partial charge is 0.361 e.